The third kappa shape index (κ3) is 6.79. The van der Waals surface area contributed by atoms with E-state index in [2.05, 4.69) is 63.5 Å². The van der Waals surface area contributed by atoms with Crippen LogP contribution in [0.15, 0.2) is 30.3 Å². The first-order valence-corrected chi connectivity index (χ1v) is 15.0. The molecule has 0 bridgehead atoms. The van der Waals surface area contributed by atoms with Crippen LogP contribution in [0.4, 0.5) is 4.39 Å². The molecule has 6 nitrogen and oxygen atoms in total. The van der Waals surface area contributed by atoms with Gasteiger partial charge in [0.25, 0.3) is 0 Å². The molecule has 2 aromatic rings. The Morgan fingerprint density at radius 2 is 1.71 bits per heavy atom. The third-order valence-corrected chi connectivity index (χ3v) is 9.28. The highest BCUT2D eigenvalue weighted by atomic mass is 35.5. The number of amides is 1. The molecule has 0 unspecified atom stereocenters. The molecule has 2 aliphatic heterocycles. The lowest BCUT2D eigenvalue weighted by Crippen LogP contribution is -2.59. The van der Waals surface area contributed by atoms with E-state index in [9.17, 15) is 9.59 Å². The number of methoxy groups -OCH3 is 1. The van der Waals surface area contributed by atoms with Gasteiger partial charge in [0.05, 0.1) is 13.0 Å². The minimum atomic E-state index is -0.432. The molecule has 2 aromatic carbocycles. The zero-order chi connectivity index (χ0) is 30.2. The smallest absolute Gasteiger partial charge is 0.323 e. The minimum Gasteiger partial charge on any atom is -0.468 e. The molecule has 0 aliphatic carbocycles. The number of likely N-dealkylation sites (tertiary alicyclic amines) is 1. The number of nitrogens with zero attached hydrogens (tertiary/aromatic N) is 3. The maximum Gasteiger partial charge on any atom is 0.323 e. The first-order chi connectivity index (χ1) is 19.2. The molecule has 2 fully saturated rings. The van der Waals surface area contributed by atoms with E-state index in [1.54, 1.807) is 12.1 Å². The lowest BCUT2D eigenvalue weighted by Gasteiger charge is -2.43. The Balaban J connectivity index is 1.55. The zero-order valence-corrected chi connectivity index (χ0v) is 26.5. The number of rotatable bonds is 6. The average molecular weight is 586 g/mol. The molecule has 41 heavy (non-hydrogen) atoms. The van der Waals surface area contributed by atoms with Crippen LogP contribution in [0, 0.1) is 32.5 Å². The Morgan fingerprint density at radius 3 is 2.27 bits per heavy atom. The molecule has 224 valence electrons. The van der Waals surface area contributed by atoms with Crippen molar-refractivity contribution < 1.29 is 18.7 Å². The molecule has 0 aromatic heterocycles. The number of ether oxygens (including phenoxy) is 1. The molecule has 1 amide bonds. The number of esters is 1. The molecule has 8 heteroatoms. The quantitative estimate of drug-likeness (QED) is 0.417. The monoisotopic (exact) mass is 585 g/mol. The number of halogens is 2. The van der Waals surface area contributed by atoms with Gasteiger partial charge in [0.2, 0.25) is 5.91 Å². The molecule has 4 atom stereocenters. The van der Waals surface area contributed by atoms with Crippen LogP contribution in [0.25, 0.3) is 0 Å². The van der Waals surface area contributed by atoms with Gasteiger partial charge in [-0.25, -0.2) is 4.39 Å². The minimum absolute atomic E-state index is 0.0445. The Hall–Kier alpha value is -2.48. The van der Waals surface area contributed by atoms with Gasteiger partial charge in [-0.05, 0) is 89.3 Å². The van der Waals surface area contributed by atoms with Crippen molar-refractivity contribution in [1.29, 1.82) is 0 Å². The predicted octanol–water partition coefficient (Wildman–Crippen LogP) is 5.54. The standard InChI is InChI=1S/C33H45ClFN3O3/c1-20-13-21(2)26(22(3)14-20)16-30(32(40)41-8)36-11-12-38(23(4)17-36)31(39)28-19-37(33(5,6)7)18-27(28)25-10-9-24(34)15-29(25)35/h9-10,13-15,23,27-28,30H,11-12,16-19H2,1-8H3/t23-,27-,28+,30-/m0/s1. The fourth-order valence-corrected chi connectivity index (χ4v) is 6.91. The topological polar surface area (TPSA) is 53.1 Å². The summed E-state index contributed by atoms with van der Waals surface area (Å²) in [6.45, 7) is 17.5. The van der Waals surface area contributed by atoms with Crippen molar-refractivity contribution in [3.8, 4) is 0 Å². The van der Waals surface area contributed by atoms with Crippen LogP contribution < -0.4 is 0 Å². The summed E-state index contributed by atoms with van der Waals surface area (Å²) in [7, 11) is 1.44. The number of piperazine rings is 1. The lowest BCUT2D eigenvalue weighted by atomic mass is 9.87. The van der Waals surface area contributed by atoms with Crippen LogP contribution in [0.2, 0.25) is 5.02 Å². The number of carbonyl (C=O) groups is 2. The molecule has 0 N–H and O–H groups in total. The molecule has 2 saturated heterocycles. The molecule has 2 heterocycles. The van der Waals surface area contributed by atoms with Gasteiger partial charge in [0, 0.05) is 55.2 Å². The van der Waals surface area contributed by atoms with Gasteiger partial charge in [-0.3, -0.25) is 19.4 Å². The number of benzene rings is 2. The Bertz CT molecular complexity index is 1270. The number of hydrogen-bond donors (Lipinski definition) is 0. The molecule has 0 spiro atoms. The molecule has 4 rings (SSSR count). The van der Waals surface area contributed by atoms with E-state index in [0.717, 1.165) is 0 Å². The fraction of sp³-hybridized carbons (Fsp3) is 0.576. The van der Waals surface area contributed by atoms with Crippen molar-refractivity contribution >= 4 is 23.5 Å². The summed E-state index contributed by atoms with van der Waals surface area (Å²) < 4.78 is 20.4. The molecule has 2 aliphatic rings. The van der Waals surface area contributed by atoms with Crippen molar-refractivity contribution in [1.82, 2.24) is 14.7 Å². The van der Waals surface area contributed by atoms with Gasteiger partial charge in [0.15, 0.2) is 0 Å². The Morgan fingerprint density at radius 1 is 1.05 bits per heavy atom. The van der Waals surface area contributed by atoms with Gasteiger partial charge in [-0.1, -0.05) is 35.4 Å². The second kappa shape index (κ2) is 12.4. The van der Waals surface area contributed by atoms with Crippen molar-refractivity contribution in [2.45, 2.75) is 78.4 Å². The second-order valence-corrected chi connectivity index (χ2v) is 13.4. The normalized spacial score (nSPS) is 23.1. The highest BCUT2D eigenvalue weighted by Crippen LogP contribution is 2.39. The van der Waals surface area contributed by atoms with E-state index in [1.807, 2.05) is 11.8 Å². The highest BCUT2D eigenvalue weighted by Gasteiger charge is 2.46. The second-order valence-electron chi connectivity index (χ2n) is 13.0. The van der Waals surface area contributed by atoms with Gasteiger partial charge in [0.1, 0.15) is 11.9 Å². The zero-order valence-electron chi connectivity index (χ0n) is 25.8. The maximum absolute atomic E-state index is 15.1. The highest BCUT2D eigenvalue weighted by molar-refractivity contribution is 6.30. The van der Waals surface area contributed by atoms with E-state index in [-0.39, 0.29) is 41.1 Å². The summed E-state index contributed by atoms with van der Waals surface area (Å²) in [6.07, 6.45) is 0.562. The van der Waals surface area contributed by atoms with Crippen molar-refractivity contribution in [2.24, 2.45) is 5.92 Å². The fourth-order valence-electron chi connectivity index (χ4n) is 6.75. The van der Waals surface area contributed by atoms with Crippen molar-refractivity contribution in [3.05, 3.63) is 69.0 Å². The Labute approximate surface area is 249 Å². The van der Waals surface area contributed by atoms with Crippen LogP contribution in [-0.2, 0) is 20.7 Å². The van der Waals surface area contributed by atoms with Crippen molar-refractivity contribution in [2.75, 3.05) is 39.8 Å². The first-order valence-electron chi connectivity index (χ1n) is 14.6. The maximum atomic E-state index is 15.1. The van der Waals surface area contributed by atoms with Gasteiger partial charge < -0.3 is 9.64 Å². The van der Waals surface area contributed by atoms with E-state index in [0.29, 0.717) is 49.7 Å². The third-order valence-electron chi connectivity index (χ3n) is 9.04. The predicted molar refractivity (Wildman–Crippen MR) is 162 cm³/mol. The summed E-state index contributed by atoms with van der Waals surface area (Å²) in [4.78, 5) is 33.6. The van der Waals surface area contributed by atoms with Gasteiger partial charge >= 0.3 is 5.97 Å². The summed E-state index contributed by atoms with van der Waals surface area (Å²) in [5, 5.41) is 0.348. The van der Waals surface area contributed by atoms with Crippen LogP contribution in [0.5, 0.6) is 0 Å². The summed E-state index contributed by atoms with van der Waals surface area (Å²) in [6, 6.07) is 8.53. The van der Waals surface area contributed by atoms with E-state index >= 15 is 4.39 Å². The van der Waals surface area contributed by atoms with Crippen LogP contribution in [0.1, 0.15) is 61.4 Å². The van der Waals surface area contributed by atoms with Crippen LogP contribution in [-0.4, -0.2) is 84.0 Å². The summed E-state index contributed by atoms with van der Waals surface area (Å²) in [5.74, 6) is -1.21. The lowest BCUT2D eigenvalue weighted by molar-refractivity contribution is -0.150. The first kappa shape index (κ1) is 31.5. The molecule has 0 radical (unpaired) electrons. The van der Waals surface area contributed by atoms with Crippen LogP contribution in [0.3, 0.4) is 0 Å². The SMILES string of the molecule is COC(=O)[C@H](Cc1c(C)cc(C)cc1C)N1CCN(C(=O)[C@@H]2CN(C(C)(C)C)C[C@H]2c2ccc(Cl)cc2F)[C@@H](C)C1. The molecular weight excluding hydrogens is 541 g/mol. The molecular formula is C33H45ClFN3O3. The van der Waals surface area contributed by atoms with E-state index in [4.69, 9.17) is 16.3 Å². The van der Waals surface area contributed by atoms with Gasteiger partial charge in [-0.15, -0.1) is 0 Å². The van der Waals surface area contributed by atoms with E-state index in [1.165, 1.54) is 35.4 Å². The average Bonchev–Trinajstić information content (AvgIpc) is 3.33. The number of hydrogen-bond acceptors (Lipinski definition) is 5. The Kier molecular flexibility index (Phi) is 9.52. The van der Waals surface area contributed by atoms with Gasteiger partial charge in [-0.2, -0.15) is 0 Å². The number of aryl methyl sites for hydroxylation is 3. The largest absolute Gasteiger partial charge is 0.468 e. The number of carbonyl (C=O) groups excluding carboxylic acids is 2. The summed E-state index contributed by atoms with van der Waals surface area (Å²) in [5.41, 5.74) is 5.10. The molecule has 0 saturated carbocycles. The van der Waals surface area contributed by atoms with Crippen molar-refractivity contribution in [3.63, 3.8) is 0 Å². The van der Waals surface area contributed by atoms with E-state index < -0.39 is 6.04 Å². The summed E-state index contributed by atoms with van der Waals surface area (Å²) >= 11 is 6.05. The van der Waals surface area contributed by atoms with Crippen LogP contribution >= 0.6 is 11.6 Å².